The van der Waals surface area contributed by atoms with E-state index in [2.05, 4.69) is 48.5 Å². The number of para-hydroxylation sites is 4. The minimum Gasteiger partial charge on any atom is -0.493 e. The first kappa shape index (κ1) is 45.8. The summed E-state index contributed by atoms with van der Waals surface area (Å²) in [7, 11) is 11.8. The van der Waals surface area contributed by atoms with Gasteiger partial charge in [-0.3, -0.25) is 0 Å². The van der Waals surface area contributed by atoms with Crippen molar-refractivity contribution in [2.45, 2.75) is 75.5 Å². The van der Waals surface area contributed by atoms with Crippen LogP contribution in [-0.4, -0.2) is 95.0 Å². The maximum atomic E-state index is 5.84. The standard InChI is InChI=1S/C45H68O8Si4/c1-46-33-17-9-21-37(41(33)50-5)54-29-13-25-45(26-14-30-55-38-22-10-18-34(47-2)42(38)51-6,27-15-31-56-39-23-11-19-35(48-3)43(39)52-7)28-16-32-57-40-24-12-20-36(49-4)44(40)53-8/h9-12,17-24H,13-16,25-32,54-57H2,1-8H3. The van der Waals surface area contributed by atoms with Crippen LogP contribution in [0.4, 0.5) is 0 Å². The lowest BCUT2D eigenvalue weighted by Gasteiger charge is -2.35. The van der Waals surface area contributed by atoms with Gasteiger partial charge in [-0.25, -0.2) is 0 Å². The first-order valence-electron chi connectivity index (χ1n) is 20.7. The molecule has 0 atom stereocenters. The molecule has 0 heterocycles. The minimum atomic E-state index is -0.529. The van der Waals surface area contributed by atoms with Crippen molar-refractivity contribution in [3.8, 4) is 46.0 Å². The molecule has 12 heteroatoms. The highest BCUT2D eigenvalue weighted by Gasteiger charge is 2.29. The molecule has 57 heavy (non-hydrogen) atoms. The molecule has 0 aliphatic heterocycles. The highest BCUT2D eigenvalue weighted by molar-refractivity contribution is 6.56. The Morgan fingerprint density at radius 3 is 0.754 bits per heavy atom. The van der Waals surface area contributed by atoms with Crippen molar-refractivity contribution in [2.24, 2.45) is 5.41 Å². The van der Waals surface area contributed by atoms with E-state index >= 15 is 0 Å². The van der Waals surface area contributed by atoms with Crippen LogP contribution in [0.15, 0.2) is 72.8 Å². The SMILES string of the molecule is COc1cccc([SiH2]CCCC(CCC[SiH2]c2cccc(OC)c2OC)(CCC[SiH2]c2cccc(OC)c2OC)CCC[SiH2]c2cccc(OC)c2OC)c1OC. The molecule has 0 aromatic heterocycles. The molecular formula is C45H68O8Si4. The Kier molecular flexibility index (Phi) is 20.0. The Morgan fingerprint density at radius 1 is 0.333 bits per heavy atom. The number of hydrogen-bond acceptors (Lipinski definition) is 8. The van der Waals surface area contributed by atoms with E-state index in [1.54, 1.807) is 56.9 Å². The zero-order chi connectivity index (χ0) is 40.9. The molecule has 0 bridgehead atoms. The van der Waals surface area contributed by atoms with Crippen LogP contribution in [0.1, 0.15) is 51.4 Å². The average molecular weight is 849 g/mol. The van der Waals surface area contributed by atoms with Crippen LogP contribution in [0, 0.1) is 5.41 Å². The van der Waals surface area contributed by atoms with Crippen LogP contribution in [0.25, 0.3) is 0 Å². The van der Waals surface area contributed by atoms with Crippen LogP contribution >= 0.6 is 0 Å². The molecule has 0 N–H and O–H groups in total. The van der Waals surface area contributed by atoms with E-state index in [1.165, 1.54) is 96.3 Å². The third-order valence-electron chi connectivity index (χ3n) is 11.6. The highest BCUT2D eigenvalue weighted by Crippen LogP contribution is 2.42. The van der Waals surface area contributed by atoms with Crippen LogP contribution < -0.4 is 58.6 Å². The lowest BCUT2D eigenvalue weighted by molar-refractivity contribution is 0.190. The van der Waals surface area contributed by atoms with Gasteiger partial charge in [-0.05, 0) is 76.1 Å². The minimum absolute atomic E-state index is 0.305. The molecular weight excluding hydrogens is 781 g/mol. The van der Waals surface area contributed by atoms with Crippen molar-refractivity contribution in [1.29, 1.82) is 0 Å². The van der Waals surface area contributed by atoms with Crippen LogP contribution in [0.5, 0.6) is 46.0 Å². The zero-order valence-corrected chi connectivity index (χ0v) is 41.7. The molecule has 0 spiro atoms. The molecule has 312 valence electrons. The normalized spacial score (nSPS) is 12.9. The van der Waals surface area contributed by atoms with Gasteiger partial charge in [-0.15, -0.1) is 0 Å². The van der Waals surface area contributed by atoms with E-state index < -0.39 is 38.1 Å². The van der Waals surface area contributed by atoms with E-state index in [-0.39, 0.29) is 0 Å². The summed E-state index contributed by atoms with van der Waals surface area (Å²) < 4.78 is 45.9. The fraction of sp³-hybridized carbons (Fsp3) is 0.467. The van der Waals surface area contributed by atoms with E-state index in [0.717, 1.165) is 46.0 Å². The molecule has 4 aromatic rings. The van der Waals surface area contributed by atoms with Gasteiger partial charge in [0.15, 0.2) is 46.0 Å². The van der Waals surface area contributed by atoms with Gasteiger partial charge in [0.1, 0.15) is 0 Å². The number of hydrogen-bond donors (Lipinski definition) is 0. The summed E-state index contributed by atoms with van der Waals surface area (Å²) in [5.74, 6) is 7.03. The van der Waals surface area contributed by atoms with Gasteiger partial charge in [0.2, 0.25) is 0 Å². The number of ether oxygens (including phenoxy) is 8. The van der Waals surface area contributed by atoms with Gasteiger partial charge >= 0.3 is 0 Å². The lowest BCUT2D eigenvalue weighted by atomic mass is 9.72. The molecule has 0 aliphatic rings. The Labute approximate surface area is 351 Å². The predicted octanol–water partition coefficient (Wildman–Crippen LogP) is 4.81. The third-order valence-corrected chi connectivity index (χ3v) is 19.3. The van der Waals surface area contributed by atoms with Gasteiger partial charge in [-0.2, -0.15) is 0 Å². The molecule has 0 fully saturated rings. The largest absolute Gasteiger partial charge is 0.493 e. The molecule has 0 saturated heterocycles. The van der Waals surface area contributed by atoms with E-state index in [0.29, 0.717) is 5.41 Å². The molecule has 0 unspecified atom stereocenters. The van der Waals surface area contributed by atoms with Crippen LogP contribution in [-0.2, 0) is 0 Å². The van der Waals surface area contributed by atoms with Crippen molar-refractivity contribution in [3.63, 3.8) is 0 Å². The van der Waals surface area contributed by atoms with Gasteiger partial charge in [0.25, 0.3) is 0 Å². The van der Waals surface area contributed by atoms with E-state index in [9.17, 15) is 0 Å². The smallest absolute Gasteiger partial charge is 0.160 e. The molecule has 0 amide bonds. The molecule has 0 saturated carbocycles. The Morgan fingerprint density at radius 2 is 0.561 bits per heavy atom. The predicted molar refractivity (Wildman–Crippen MR) is 249 cm³/mol. The Bertz CT molecular complexity index is 1530. The maximum absolute atomic E-state index is 5.84. The summed E-state index contributed by atoms with van der Waals surface area (Å²) in [6.45, 7) is 0. The quantitative estimate of drug-likeness (QED) is 0.0597. The van der Waals surface area contributed by atoms with Gasteiger partial charge < -0.3 is 37.9 Å². The lowest BCUT2D eigenvalue weighted by Crippen LogP contribution is -2.25. The van der Waals surface area contributed by atoms with Crippen molar-refractivity contribution >= 4 is 58.8 Å². The third kappa shape index (κ3) is 13.1. The molecule has 4 aromatic carbocycles. The second-order valence-electron chi connectivity index (χ2n) is 14.9. The summed E-state index contributed by atoms with van der Waals surface area (Å²) in [6.07, 6.45) is 10.1. The van der Waals surface area contributed by atoms with Crippen molar-refractivity contribution in [2.75, 3.05) is 56.9 Å². The summed E-state index contributed by atoms with van der Waals surface area (Å²) in [4.78, 5) is 0. The fourth-order valence-corrected chi connectivity index (χ4v) is 15.5. The molecule has 8 nitrogen and oxygen atoms in total. The summed E-state index contributed by atoms with van der Waals surface area (Å²) in [5, 5.41) is 5.43. The maximum Gasteiger partial charge on any atom is 0.160 e. The highest BCUT2D eigenvalue weighted by atomic mass is 28.2. The van der Waals surface area contributed by atoms with Crippen LogP contribution in [0.2, 0.25) is 24.2 Å². The Balaban J connectivity index is 1.54. The topological polar surface area (TPSA) is 73.8 Å². The van der Waals surface area contributed by atoms with Gasteiger partial charge in [0.05, 0.1) is 95.0 Å². The second-order valence-corrected chi connectivity index (χ2v) is 22.8. The first-order valence-corrected chi connectivity index (χ1v) is 27.5. The molecule has 0 aliphatic carbocycles. The summed E-state index contributed by atoms with van der Waals surface area (Å²) >= 11 is 0. The van der Waals surface area contributed by atoms with Crippen molar-refractivity contribution in [3.05, 3.63) is 72.8 Å². The van der Waals surface area contributed by atoms with Gasteiger partial charge in [0, 0.05) is 0 Å². The molecule has 0 radical (unpaired) electrons. The monoisotopic (exact) mass is 848 g/mol. The van der Waals surface area contributed by atoms with Crippen molar-refractivity contribution < 1.29 is 37.9 Å². The van der Waals surface area contributed by atoms with Crippen molar-refractivity contribution in [1.82, 2.24) is 0 Å². The Hall–Kier alpha value is -3.85. The van der Waals surface area contributed by atoms with Crippen LogP contribution in [0.3, 0.4) is 0 Å². The average Bonchev–Trinajstić information content (AvgIpc) is 3.25. The zero-order valence-electron chi connectivity index (χ0n) is 36.0. The van der Waals surface area contributed by atoms with E-state index in [4.69, 9.17) is 37.9 Å². The molecule has 4 rings (SSSR count). The fourth-order valence-electron chi connectivity index (χ4n) is 8.61. The number of methoxy groups -OCH3 is 8. The van der Waals surface area contributed by atoms with Gasteiger partial charge in [-0.1, -0.05) is 98.4 Å². The first-order chi connectivity index (χ1) is 27.9. The second kappa shape index (κ2) is 24.8. The number of benzene rings is 4. The number of rotatable bonds is 28. The summed E-state index contributed by atoms with van der Waals surface area (Å²) in [5.41, 5.74) is 0.305. The van der Waals surface area contributed by atoms with E-state index in [1.807, 2.05) is 24.3 Å². The summed E-state index contributed by atoms with van der Waals surface area (Å²) in [6, 6.07) is 30.4.